The van der Waals surface area contributed by atoms with Gasteiger partial charge in [-0.15, -0.1) is 0 Å². The molecule has 2 aromatic rings. The van der Waals surface area contributed by atoms with Crippen molar-refractivity contribution in [3.8, 4) is 5.75 Å². The molecule has 0 aliphatic rings. The fourth-order valence-corrected chi connectivity index (χ4v) is 1.71. The third kappa shape index (κ3) is 3.49. The van der Waals surface area contributed by atoms with E-state index < -0.39 is 0 Å². The lowest BCUT2D eigenvalue weighted by Crippen LogP contribution is -1.90. The number of hydrogen-bond donors (Lipinski definition) is 0. The summed E-state index contributed by atoms with van der Waals surface area (Å²) in [6, 6.07) is 16.6. The summed E-state index contributed by atoms with van der Waals surface area (Å²) in [6.07, 6.45) is 4.23. The Morgan fingerprint density at radius 3 is 1.83 bits per heavy atom. The molecule has 0 amide bonds. The number of rotatable bonds is 4. The molecule has 1 heteroatoms. The topological polar surface area (TPSA) is 9.23 Å². The Labute approximate surface area is 109 Å². The normalized spacial score (nSPS) is 10.8. The molecule has 0 bridgehead atoms. The molecule has 0 atom stereocenters. The van der Waals surface area contributed by atoms with Gasteiger partial charge in [-0.2, -0.15) is 0 Å². The lowest BCUT2D eigenvalue weighted by Gasteiger charge is -2.02. The van der Waals surface area contributed by atoms with E-state index in [9.17, 15) is 0 Å². The van der Waals surface area contributed by atoms with Gasteiger partial charge in [0.15, 0.2) is 0 Å². The molecule has 0 saturated carbocycles. The highest BCUT2D eigenvalue weighted by atomic mass is 16.5. The molecule has 0 heterocycles. The van der Waals surface area contributed by atoms with Gasteiger partial charge in [0, 0.05) is 0 Å². The molecule has 0 unspecified atom stereocenters. The van der Waals surface area contributed by atoms with Crippen LogP contribution in [0, 0.1) is 6.92 Å². The van der Waals surface area contributed by atoms with Gasteiger partial charge in [0.25, 0.3) is 0 Å². The Hall–Kier alpha value is -2.02. The Bertz CT molecular complexity index is 506. The zero-order valence-electron chi connectivity index (χ0n) is 10.9. The van der Waals surface area contributed by atoms with Crippen molar-refractivity contribution in [1.82, 2.24) is 0 Å². The molecule has 2 rings (SSSR count). The summed E-state index contributed by atoms with van der Waals surface area (Å²) in [5.74, 6) is 0.921. The average Bonchev–Trinajstić information content (AvgIpc) is 2.40. The molecule has 0 aliphatic heterocycles. The van der Waals surface area contributed by atoms with E-state index in [0.29, 0.717) is 6.61 Å². The van der Waals surface area contributed by atoms with E-state index in [1.807, 2.05) is 19.1 Å². The lowest BCUT2D eigenvalue weighted by atomic mass is 10.1. The van der Waals surface area contributed by atoms with Gasteiger partial charge >= 0.3 is 0 Å². The molecule has 0 aromatic heterocycles. The second-order valence-corrected chi connectivity index (χ2v) is 4.25. The monoisotopic (exact) mass is 238 g/mol. The van der Waals surface area contributed by atoms with Crippen LogP contribution in [0.4, 0.5) is 0 Å². The highest BCUT2D eigenvalue weighted by Gasteiger charge is 1.92. The molecular formula is C17H18O. The van der Waals surface area contributed by atoms with Gasteiger partial charge in [-0.3, -0.25) is 0 Å². The number of hydrogen-bond acceptors (Lipinski definition) is 1. The van der Waals surface area contributed by atoms with Gasteiger partial charge in [-0.25, -0.2) is 0 Å². The third-order valence-electron chi connectivity index (χ3n) is 2.74. The summed E-state index contributed by atoms with van der Waals surface area (Å²) in [6.45, 7) is 4.80. The predicted octanol–water partition coefficient (Wildman–Crippen LogP) is 4.56. The van der Waals surface area contributed by atoms with Crippen LogP contribution in [-0.2, 0) is 0 Å². The van der Waals surface area contributed by atoms with Gasteiger partial charge in [-0.1, -0.05) is 54.1 Å². The molecule has 18 heavy (non-hydrogen) atoms. The van der Waals surface area contributed by atoms with E-state index in [-0.39, 0.29) is 0 Å². The largest absolute Gasteiger partial charge is 0.494 e. The first-order valence-corrected chi connectivity index (χ1v) is 6.25. The van der Waals surface area contributed by atoms with Gasteiger partial charge in [0.2, 0.25) is 0 Å². The second kappa shape index (κ2) is 6.06. The Morgan fingerprint density at radius 2 is 1.33 bits per heavy atom. The van der Waals surface area contributed by atoms with Gasteiger partial charge < -0.3 is 4.74 Å². The first-order chi connectivity index (χ1) is 8.78. The van der Waals surface area contributed by atoms with Crippen LogP contribution < -0.4 is 4.74 Å². The maximum Gasteiger partial charge on any atom is 0.119 e. The molecule has 0 aliphatic carbocycles. The van der Waals surface area contributed by atoms with Crippen molar-refractivity contribution in [3.63, 3.8) is 0 Å². The Kier molecular flexibility index (Phi) is 4.19. The minimum Gasteiger partial charge on any atom is -0.494 e. The van der Waals surface area contributed by atoms with Crippen LogP contribution in [0.3, 0.4) is 0 Å². The van der Waals surface area contributed by atoms with Crippen molar-refractivity contribution in [2.75, 3.05) is 6.61 Å². The molecule has 0 N–H and O–H groups in total. The van der Waals surface area contributed by atoms with E-state index in [4.69, 9.17) is 4.74 Å². The first kappa shape index (κ1) is 12.4. The van der Waals surface area contributed by atoms with Gasteiger partial charge in [0.05, 0.1) is 6.61 Å². The molecule has 92 valence electrons. The summed E-state index contributed by atoms with van der Waals surface area (Å²) in [5.41, 5.74) is 3.68. The highest BCUT2D eigenvalue weighted by molar-refractivity contribution is 5.69. The maximum atomic E-state index is 5.41. The quantitative estimate of drug-likeness (QED) is 0.709. The number of aryl methyl sites for hydroxylation is 1. The summed E-state index contributed by atoms with van der Waals surface area (Å²) in [7, 11) is 0. The lowest BCUT2D eigenvalue weighted by molar-refractivity contribution is 0.340. The average molecular weight is 238 g/mol. The zero-order valence-corrected chi connectivity index (χ0v) is 10.9. The summed E-state index contributed by atoms with van der Waals surface area (Å²) < 4.78 is 5.41. The molecule has 0 fully saturated rings. The Balaban J connectivity index is 2.06. The molecule has 1 nitrogen and oxygen atoms in total. The third-order valence-corrected chi connectivity index (χ3v) is 2.74. The van der Waals surface area contributed by atoms with Crippen molar-refractivity contribution in [2.45, 2.75) is 13.8 Å². The fourth-order valence-electron chi connectivity index (χ4n) is 1.71. The van der Waals surface area contributed by atoms with Crippen LogP contribution in [0.15, 0.2) is 48.5 Å². The molecule has 0 spiro atoms. The summed E-state index contributed by atoms with van der Waals surface area (Å²) in [4.78, 5) is 0. The first-order valence-electron chi connectivity index (χ1n) is 6.25. The van der Waals surface area contributed by atoms with Crippen LogP contribution >= 0.6 is 0 Å². The number of ether oxygens (including phenoxy) is 1. The smallest absolute Gasteiger partial charge is 0.119 e. The summed E-state index contributed by atoms with van der Waals surface area (Å²) >= 11 is 0. The molecule has 2 aromatic carbocycles. The zero-order chi connectivity index (χ0) is 12.8. The van der Waals surface area contributed by atoms with Crippen molar-refractivity contribution in [3.05, 3.63) is 65.2 Å². The van der Waals surface area contributed by atoms with E-state index in [1.54, 1.807) is 0 Å². The van der Waals surface area contributed by atoms with Crippen molar-refractivity contribution < 1.29 is 4.74 Å². The van der Waals surface area contributed by atoms with Crippen LogP contribution in [0.2, 0.25) is 0 Å². The van der Waals surface area contributed by atoms with Crippen molar-refractivity contribution in [2.24, 2.45) is 0 Å². The molecule has 0 saturated heterocycles. The van der Waals surface area contributed by atoms with Crippen molar-refractivity contribution >= 4 is 12.2 Å². The molecule has 0 radical (unpaired) electrons. The van der Waals surface area contributed by atoms with E-state index >= 15 is 0 Å². The van der Waals surface area contributed by atoms with Crippen molar-refractivity contribution in [1.29, 1.82) is 0 Å². The van der Waals surface area contributed by atoms with Crippen LogP contribution in [0.25, 0.3) is 12.2 Å². The van der Waals surface area contributed by atoms with E-state index in [2.05, 4.69) is 55.5 Å². The van der Waals surface area contributed by atoms with Gasteiger partial charge in [0.1, 0.15) is 5.75 Å². The number of benzene rings is 2. The second-order valence-electron chi connectivity index (χ2n) is 4.25. The van der Waals surface area contributed by atoms with Crippen LogP contribution in [-0.4, -0.2) is 6.61 Å². The van der Waals surface area contributed by atoms with Crippen LogP contribution in [0.1, 0.15) is 23.6 Å². The molecular weight excluding hydrogens is 220 g/mol. The van der Waals surface area contributed by atoms with E-state index in [1.165, 1.54) is 16.7 Å². The van der Waals surface area contributed by atoms with E-state index in [0.717, 1.165) is 5.75 Å². The standard InChI is InChI=1S/C17H18O/c1-3-18-17-12-10-16(11-13-17)9-8-15-6-4-14(2)5-7-15/h4-13H,3H2,1-2H3/b9-8+. The predicted molar refractivity (Wildman–Crippen MR) is 77.7 cm³/mol. The minimum atomic E-state index is 0.707. The Morgan fingerprint density at radius 1 is 0.833 bits per heavy atom. The summed E-state index contributed by atoms with van der Waals surface area (Å²) in [5, 5.41) is 0. The minimum absolute atomic E-state index is 0.707. The maximum absolute atomic E-state index is 5.41. The highest BCUT2D eigenvalue weighted by Crippen LogP contribution is 2.14. The van der Waals surface area contributed by atoms with Gasteiger partial charge in [-0.05, 0) is 37.1 Å². The SMILES string of the molecule is CCOc1ccc(/C=C/c2ccc(C)cc2)cc1. The fraction of sp³-hybridized carbons (Fsp3) is 0.176. The van der Waals surface area contributed by atoms with Crippen LogP contribution in [0.5, 0.6) is 5.75 Å².